The Hall–Kier alpha value is -1.24. The summed E-state index contributed by atoms with van der Waals surface area (Å²) in [5, 5.41) is 12.0. The third-order valence-electron chi connectivity index (χ3n) is 2.37. The molecular weight excluding hydrogens is 166 g/mol. The summed E-state index contributed by atoms with van der Waals surface area (Å²) in [5.74, 6) is 0. The fourth-order valence-electron chi connectivity index (χ4n) is 1.72. The number of azide groups is 1. The van der Waals surface area contributed by atoms with E-state index in [1.165, 1.54) is 0 Å². The third-order valence-corrected chi connectivity index (χ3v) is 2.37. The van der Waals surface area contributed by atoms with Crippen molar-refractivity contribution in [2.45, 2.75) is 25.3 Å². The maximum absolute atomic E-state index is 8.43. The van der Waals surface area contributed by atoms with Crippen LogP contribution in [0.1, 0.15) is 19.3 Å². The lowest BCUT2D eigenvalue weighted by atomic mass is 10.2. The van der Waals surface area contributed by atoms with Gasteiger partial charge in [0.25, 0.3) is 0 Å². The smallest absolute Gasteiger partial charge is 0.0635 e. The van der Waals surface area contributed by atoms with Gasteiger partial charge in [-0.05, 0) is 24.9 Å². The fraction of sp³-hybridized carbons (Fsp3) is 0.875. The minimum Gasteiger partial charge on any atom is -0.299 e. The zero-order valence-corrected chi connectivity index (χ0v) is 7.56. The first-order chi connectivity index (χ1) is 6.38. The van der Waals surface area contributed by atoms with E-state index < -0.39 is 0 Å². The van der Waals surface area contributed by atoms with E-state index >= 15 is 0 Å². The predicted molar refractivity (Wildman–Crippen MR) is 48.8 cm³/mol. The Labute approximate surface area is 77.6 Å². The Morgan fingerprint density at radius 1 is 1.69 bits per heavy atom. The summed E-state index contributed by atoms with van der Waals surface area (Å²) in [6.45, 7) is 2.39. The maximum Gasteiger partial charge on any atom is 0.0635 e. The molecule has 0 saturated carbocycles. The first-order valence-electron chi connectivity index (χ1n) is 4.50. The number of rotatable bonds is 4. The highest BCUT2D eigenvalue weighted by atomic mass is 15.2. The number of likely N-dealkylation sites (tertiary alicyclic amines) is 1. The lowest BCUT2D eigenvalue weighted by molar-refractivity contribution is 0.264. The minimum absolute atomic E-state index is 0.365. The second kappa shape index (κ2) is 5.41. The van der Waals surface area contributed by atoms with E-state index in [0.29, 0.717) is 19.0 Å². The van der Waals surface area contributed by atoms with E-state index in [0.717, 1.165) is 25.9 Å². The summed E-state index contributed by atoms with van der Waals surface area (Å²) in [4.78, 5) is 4.98. The van der Waals surface area contributed by atoms with Gasteiger partial charge >= 0.3 is 0 Å². The zero-order chi connectivity index (χ0) is 9.52. The molecule has 0 amide bonds. The molecule has 1 heterocycles. The van der Waals surface area contributed by atoms with Crippen molar-refractivity contribution in [2.24, 2.45) is 5.11 Å². The summed E-state index contributed by atoms with van der Waals surface area (Å²) in [5.41, 5.74) is 8.18. The normalized spacial score (nSPS) is 22.2. The lowest BCUT2D eigenvalue weighted by Gasteiger charge is -2.21. The van der Waals surface area contributed by atoms with Crippen molar-refractivity contribution in [1.82, 2.24) is 4.90 Å². The highest BCUT2D eigenvalue weighted by Gasteiger charge is 2.22. The van der Waals surface area contributed by atoms with Crippen molar-refractivity contribution in [3.63, 3.8) is 0 Å². The average molecular weight is 179 g/mol. The van der Waals surface area contributed by atoms with Crippen LogP contribution in [-0.4, -0.2) is 30.6 Å². The largest absolute Gasteiger partial charge is 0.299 e. The highest BCUT2D eigenvalue weighted by Crippen LogP contribution is 2.17. The molecule has 1 saturated heterocycles. The Balaban J connectivity index is 2.35. The molecule has 0 aliphatic carbocycles. The Kier molecular flexibility index (Phi) is 4.10. The zero-order valence-electron chi connectivity index (χ0n) is 7.56. The summed E-state index contributed by atoms with van der Waals surface area (Å²) < 4.78 is 0. The van der Waals surface area contributed by atoms with Gasteiger partial charge in [-0.1, -0.05) is 5.11 Å². The number of nitrogens with zero attached hydrogens (tertiary/aromatic N) is 5. The van der Waals surface area contributed by atoms with Crippen LogP contribution in [0.4, 0.5) is 0 Å². The van der Waals surface area contributed by atoms with Gasteiger partial charge < -0.3 is 0 Å². The van der Waals surface area contributed by atoms with Crippen molar-refractivity contribution >= 4 is 0 Å². The van der Waals surface area contributed by atoms with Gasteiger partial charge in [0.15, 0.2) is 0 Å². The van der Waals surface area contributed by atoms with Gasteiger partial charge in [-0.2, -0.15) is 5.26 Å². The van der Waals surface area contributed by atoms with Gasteiger partial charge in [0.2, 0.25) is 0 Å². The molecule has 0 bridgehead atoms. The van der Waals surface area contributed by atoms with Crippen molar-refractivity contribution < 1.29 is 0 Å². The number of hydrogen-bond acceptors (Lipinski definition) is 3. The van der Waals surface area contributed by atoms with Crippen LogP contribution in [-0.2, 0) is 0 Å². The summed E-state index contributed by atoms with van der Waals surface area (Å²) >= 11 is 0. The second-order valence-electron chi connectivity index (χ2n) is 3.15. The van der Waals surface area contributed by atoms with Gasteiger partial charge in [-0.15, -0.1) is 0 Å². The molecule has 1 aliphatic heterocycles. The SMILES string of the molecule is N#CCCN1CCC[C@@H]1CN=[N+]=[N-]. The molecule has 5 heteroatoms. The molecular formula is C8H13N5. The molecule has 70 valence electrons. The Bertz CT molecular complexity index is 237. The van der Waals surface area contributed by atoms with Gasteiger partial charge in [0.1, 0.15) is 0 Å². The van der Waals surface area contributed by atoms with Crippen molar-refractivity contribution in [3.8, 4) is 6.07 Å². The minimum atomic E-state index is 0.365. The Morgan fingerprint density at radius 3 is 3.23 bits per heavy atom. The molecule has 1 rings (SSSR count). The van der Waals surface area contributed by atoms with Crippen LogP contribution in [0.5, 0.6) is 0 Å². The van der Waals surface area contributed by atoms with Crippen molar-refractivity contribution in [1.29, 1.82) is 5.26 Å². The van der Waals surface area contributed by atoms with E-state index in [-0.39, 0.29) is 0 Å². The van der Waals surface area contributed by atoms with E-state index in [9.17, 15) is 0 Å². The van der Waals surface area contributed by atoms with Crippen LogP contribution in [0.2, 0.25) is 0 Å². The fourth-order valence-corrected chi connectivity index (χ4v) is 1.72. The molecule has 0 aromatic rings. The summed E-state index contributed by atoms with van der Waals surface area (Å²) in [6.07, 6.45) is 2.80. The van der Waals surface area contributed by atoms with Crippen LogP contribution in [0.25, 0.3) is 10.4 Å². The first kappa shape index (κ1) is 9.85. The molecule has 0 spiro atoms. The monoisotopic (exact) mass is 179 g/mol. The molecule has 1 fully saturated rings. The topological polar surface area (TPSA) is 75.8 Å². The lowest BCUT2D eigenvalue weighted by Crippen LogP contribution is -2.32. The quantitative estimate of drug-likeness (QED) is 0.374. The maximum atomic E-state index is 8.43. The number of nitriles is 1. The molecule has 13 heavy (non-hydrogen) atoms. The van der Waals surface area contributed by atoms with E-state index in [1.54, 1.807) is 0 Å². The molecule has 0 unspecified atom stereocenters. The summed E-state index contributed by atoms with van der Waals surface area (Å²) in [6, 6.07) is 2.49. The van der Waals surface area contributed by atoms with Crippen molar-refractivity contribution in [3.05, 3.63) is 10.4 Å². The third kappa shape index (κ3) is 2.94. The standard InChI is InChI=1S/C8H13N5/c9-4-2-6-13-5-1-3-8(13)7-11-12-10/h8H,1-3,5-7H2/t8-/m1/s1. The highest BCUT2D eigenvalue weighted by molar-refractivity contribution is 4.83. The predicted octanol–water partition coefficient (Wildman–Crippen LogP) is 1.67. The van der Waals surface area contributed by atoms with Crippen LogP contribution in [0.15, 0.2) is 5.11 Å². The first-order valence-corrected chi connectivity index (χ1v) is 4.50. The van der Waals surface area contributed by atoms with Crippen LogP contribution < -0.4 is 0 Å². The van der Waals surface area contributed by atoms with Gasteiger partial charge in [0, 0.05) is 30.5 Å². The second-order valence-corrected chi connectivity index (χ2v) is 3.15. The van der Waals surface area contributed by atoms with Crippen LogP contribution >= 0.6 is 0 Å². The molecule has 5 nitrogen and oxygen atoms in total. The molecule has 0 aromatic heterocycles. The van der Waals surface area contributed by atoms with Crippen molar-refractivity contribution in [2.75, 3.05) is 19.6 Å². The van der Waals surface area contributed by atoms with E-state index in [2.05, 4.69) is 21.0 Å². The molecule has 1 atom stereocenters. The van der Waals surface area contributed by atoms with Crippen LogP contribution in [0.3, 0.4) is 0 Å². The van der Waals surface area contributed by atoms with E-state index in [1.807, 2.05) is 0 Å². The average Bonchev–Trinajstić information content (AvgIpc) is 2.59. The van der Waals surface area contributed by atoms with Crippen LogP contribution in [0, 0.1) is 11.3 Å². The molecule has 0 N–H and O–H groups in total. The number of hydrogen-bond donors (Lipinski definition) is 0. The van der Waals surface area contributed by atoms with Gasteiger partial charge in [0.05, 0.1) is 6.07 Å². The summed E-state index contributed by atoms with van der Waals surface area (Å²) in [7, 11) is 0. The Morgan fingerprint density at radius 2 is 2.54 bits per heavy atom. The molecule has 0 aromatic carbocycles. The molecule has 0 radical (unpaired) electrons. The van der Waals surface area contributed by atoms with E-state index in [4.69, 9.17) is 10.8 Å². The van der Waals surface area contributed by atoms with Gasteiger partial charge in [-0.25, -0.2) is 0 Å². The molecule has 1 aliphatic rings. The van der Waals surface area contributed by atoms with Gasteiger partial charge in [-0.3, -0.25) is 4.90 Å².